The summed E-state index contributed by atoms with van der Waals surface area (Å²) in [7, 11) is -3.68. The lowest BCUT2D eigenvalue weighted by Gasteiger charge is -2.08. The molecule has 0 spiro atoms. The lowest BCUT2D eigenvalue weighted by molar-refractivity contribution is 0.403. The topological polar surface area (TPSA) is 71.3 Å². The number of nitrogens with one attached hydrogen (secondary N) is 2. The Morgan fingerprint density at radius 3 is 2.67 bits per heavy atom. The largest absolute Gasteiger partial charge is 0.446 e. The second-order valence-electron chi connectivity index (χ2n) is 5.30. The molecule has 0 radical (unpaired) electrons. The van der Waals surface area contributed by atoms with Crippen LogP contribution in [0.15, 0.2) is 45.9 Å². The Hall–Kier alpha value is -1.79. The SMILES string of the molecule is Cc1ccccc1NS(=O)(=O)c1ccc(CNC2CC2)o1. The minimum atomic E-state index is -3.68. The lowest BCUT2D eigenvalue weighted by Crippen LogP contribution is -2.15. The minimum Gasteiger partial charge on any atom is -0.446 e. The molecular weight excluding hydrogens is 288 g/mol. The number of aryl methyl sites for hydroxylation is 1. The van der Waals surface area contributed by atoms with Gasteiger partial charge in [-0.25, -0.2) is 0 Å². The molecule has 2 aromatic rings. The monoisotopic (exact) mass is 306 g/mol. The molecule has 2 N–H and O–H groups in total. The normalized spacial score (nSPS) is 15.1. The molecule has 0 atom stereocenters. The number of anilines is 1. The molecule has 5 nitrogen and oxygen atoms in total. The smallest absolute Gasteiger partial charge is 0.295 e. The highest BCUT2D eigenvalue weighted by molar-refractivity contribution is 7.92. The molecule has 1 aromatic heterocycles. The molecule has 0 amide bonds. The number of sulfonamides is 1. The van der Waals surface area contributed by atoms with Crippen LogP contribution < -0.4 is 10.0 Å². The highest BCUT2D eigenvalue weighted by atomic mass is 32.2. The summed E-state index contributed by atoms with van der Waals surface area (Å²) in [6.07, 6.45) is 2.36. The standard InChI is InChI=1S/C15H18N2O3S/c1-11-4-2-3-5-14(11)17-21(18,19)15-9-8-13(20-15)10-16-12-6-7-12/h2-5,8-9,12,16-17H,6-7,10H2,1H3. The molecule has 0 aliphatic heterocycles. The summed E-state index contributed by atoms with van der Waals surface area (Å²) in [4.78, 5) is 0. The predicted octanol–water partition coefficient (Wildman–Crippen LogP) is 2.64. The van der Waals surface area contributed by atoms with Crippen molar-refractivity contribution in [3.8, 4) is 0 Å². The number of rotatable bonds is 6. The van der Waals surface area contributed by atoms with Crippen LogP contribution in [-0.4, -0.2) is 14.5 Å². The van der Waals surface area contributed by atoms with E-state index in [0.29, 0.717) is 24.0 Å². The first-order chi connectivity index (χ1) is 10.0. The van der Waals surface area contributed by atoms with Gasteiger partial charge in [-0.15, -0.1) is 0 Å². The third kappa shape index (κ3) is 3.46. The number of furan rings is 1. The molecule has 0 saturated heterocycles. The van der Waals surface area contributed by atoms with Crippen LogP contribution in [0.3, 0.4) is 0 Å². The van der Waals surface area contributed by atoms with Crippen molar-refractivity contribution >= 4 is 15.7 Å². The van der Waals surface area contributed by atoms with Crippen molar-refractivity contribution in [1.82, 2.24) is 5.32 Å². The molecule has 1 aliphatic rings. The molecule has 3 rings (SSSR count). The zero-order chi connectivity index (χ0) is 14.9. The van der Waals surface area contributed by atoms with Gasteiger partial charge in [-0.2, -0.15) is 8.42 Å². The first-order valence-electron chi connectivity index (χ1n) is 6.95. The van der Waals surface area contributed by atoms with Gasteiger partial charge in [0.25, 0.3) is 10.0 Å². The van der Waals surface area contributed by atoms with E-state index in [2.05, 4.69) is 10.0 Å². The van der Waals surface area contributed by atoms with E-state index in [9.17, 15) is 8.42 Å². The van der Waals surface area contributed by atoms with Crippen molar-refractivity contribution in [2.45, 2.75) is 37.4 Å². The van der Waals surface area contributed by atoms with E-state index < -0.39 is 10.0 Å². The van der Waals surface area contributed by atoms with Crippen LogP contribution in [0.5, 0.6) is 0 Å². The van der Waals surface area contributed by atoms with Crippen LogP contribution in [0, 0.1) is 6.92 Å². The van der Waals surface area contributed by atoms with Crippen LogP contribution in [0.2, 0.25) is 0 Å². The Labute approximate surface area is 124 Å². The van der Waals surface area contributed by atoms with E-state index in [-0.39, 0.29) is 5.09 Å². The highest BCUT2D eigenvalue weighted by Gasteiger charge is 2.22. The molecule has 1 heterocycles. The second-order valence-corrected chi connectivity index (χ2v) is 6.91. The van der Waals surface area contributed by atoms with Crippen LogP contribution in [-0.2, 0) is 16.6 Å². The average molecular weight is 306 g/mol. The maximum atomic E-state index is 12.3. The van der Waals surface area contributed by atoms with Crippen LogP contribution >= 0.6 is 0 Å². The first-order valence-corrected chi connectivity index (χ1v) is 8.43. The van der Waals surface area contributed by atoms with Crippen LogP contribution in [0.1, 0.15) is 24.2 Å². The molecule has 0 bridgehead atoms. The summed E-state index contributed by atoms with van der Waals surface area (Å²) in [6, 6.07) is 11.0. The molecule has 1 aliphatic carbocycles. The molecule has 0 unspecified atom stereocenters. The maximum absolute atomic E-state index is 12.3. The Morgan fingerprint density at radius 1 is 1.19 bits per heavy atom. The molecular formula is C15H18N2O3S. The second kappa shape index (κ2) is 5.54. The molecule has 1 aromatic carbocycles. The van der Waals surface area contributed by atoms with Gasteiger partial charge in [0.2, 0.25) is 5.09 Å². The van der Waals surface area contributed by atoms with Gasteiger partial charge >= 0.3 is 0 Å². The van der Waals surface area contributed by atoms with Crippen molar-refractivity contribution in [3.05, 3.63) is 47.7 Å². The quantitative estimate of drug-likeness (QED) is 0.860. The van der Waals surface area contributed by atoms with E-state index >= 15 is 0 Å². The number of hydrogen-bond donors (Lipinski definition) is 2. The van der Waals surface area contributed by atoms with Crippen molar-refractivity contribution in [2.24, 2.45) is 0 Å². The van der Waals surface area contributed by atoms with E-state index in [1.807, 2.05) is 19.1 Å². The lowest BCUT2D eigenvalue weighted by atomic mass is 10.2. The highest BCUT2D eigenvalue weighted by Crippen LogP contribution is 2.22. The molecule has 1 saturated carbocycles. The van der Waals surface area contributed by atoms with Gasteiger partial charge < -0.3 is 9.73 Å². The maximum Gasteiger partial charge on any atom is 0.295 e. The fourth-order valence-electron chi connectivity index (χ4n) is 2.01. The predicted molar refractivity (Wildman–Crippen MR) is 80.6 cm³/mol. The Balaban J connectivity index is 1.73. The third-order valence-corrected chi connectivity index (χ3v) is 4.67. The Morgan fingerprint density at radius 2 is 1.95 bits per heavy atom. The van der Waals surface area contributed by atoms with Gasteiger partial charge in [0.1, 0.15) is 5.76 Å². The van der Waals surface area contributed by atoms with Gasteiger partial charge in [0.05, 0.1) is 12.2 Å². The van der Waals surface area contributed by atoms with E-state index in [4.69, 9.17) is 4.42 Å². The van der Waals surface area contributed by atoms with E-state index in [0.717, 1.165) is 5.56 Å². The summed E-state index contributed by atoms with van der Waals surface area (Å²) in [6.45, 7) is 2.41. The summed E-state index contributed by atoms with van der Waals surface area (Å²) < 4.78 is 32.6. The summed E-state index contributed by atoms with van der Waals surface area (Å²) in [5.41, 5.74) is 1.43. The Bertz CT molecular complexity index is 733. The van der Waals surface area contributed by atoms with Crippen molar-refractivity contribution in [2.75, 3.05) is 4.72 Å². The minimum absolute atomic E-state index is 0.0571. The van der Waals surface area contributed by atoms with Gasteiger partial charge in [0, 0.05) is 6.04 Å². The van der Waals surface area contributed by atoms with Crippen LogP contribution in [0.4, 0.5) is 5.69 Å². The van der Waals surface area contributed by atoms with Crippen molar-refractivity contribution in [1.29, 1.82) is 0 Å². The Kier molecular flexibility index (Phi) is 3.73. The fraction of sp³-hybridized carbons (Fsp3) is 0.333. The number of benzene rings is 1. The van der Waals surface area contributed by atoms with Crippen molar-refractivity contribution in [3.63, 3.8) is 0 Å². The zero-order valence-electron chi connectivity index (χ0n) is 11.8. The van der Waals surface area contributed by atoms with Crippen LogP contribution in [0.25, 0.3) is 0 Å². The van der Waals surface area contributed by atoms with Gasteiger partial charge in [0.15, 0.2) is 0 Å². The third-order valence-electron chi connectivity index (χ3n) is 3.43. The molecule has 21 heavy (non-hydrogen) atoms. The molecule has 1 fully saturated rings. The molecule has 6 heteroatoms. The summed E-state index contributed by atoms with van der Waals surface area (Å²) in [5.74, 6) is 0.632. The van der Waals surface area contributed by atoms with Gasteiger partial charge in [-0.1, -0.05) is 18.2 Å². The van der Waals surface area contributed by atoms with Gasteiger partial charge in [-0.05, 0) is 43.5 Å². The van der Waals surface area contributed by atoms with E-state index in [1.54, 1.807) is 18.2 Å². The summed E-state index contributed by atoms with van der Waals surface area (Å²) in [5, 5.41) is 3.23. The average Bonchev–Trinajstić information content (AvgIpc) is 3.15. The fourth-order valence-corrected chi connectivity index (χ4v) is 3.10. The zero-order valence-corrected chi connectivity index (χ0v) is 12.6. The number of para-hydroxylation sites is 1. The van der Waals surface area contributed by atoms with E-state index in [1.165, 1.54) is 18.9 Å². The summed E-state index contributed by atoms with van der Waals surface area (Å²) >= 11 is 0. The first kappa shape index (κ1) is 14.2. The molecule has 112 valence electrons. The van der Waals surface area contributed by atoms with Crippen molar-refractivity contribution < 1.29 is 12.8 Å². The van der Waals surface area contributed by atoms with Gasteiger partial charge in [-0.3, -0.25) is 4.72 Å². The number of hydrogen-bond acceptors (Lipinski definition) is 4.